The number of nitrogens with zero attached hydrogens (tertiary/aromatic N) is 5. The number of benzene rings is 2. The Morgan fingerprint density at radius 2 is 1.78 bits per heavy atom. The van der Waals surface area contributed by atoms with Crippen LogP contribution in [0.1, 0.15) is 31.2 Å². The van der Waals surface area contributed by atoms with Gasteiger partial charge in [0.1, 0.15) is 23.3 Å². The number of aromatic nitrogens is 4. The Labute approximate surface area is 213 Å². The molecule has 4 aromatic rings. The zero-order valence-corrected chi connectivity index (χ0v) is 20.6. The molecule has 1 N–H and O–H groups in total. The number of fused-ring (bicyclic) bond motifs is 1. The molecule has 0 amide bonds. The molecule has 0 radical (unpaired) electrons. The maximum Gasteiger partial charge on any atom is 0.264 e. The van der Waals surface area contributed by atoms with Crippen LogP contribution in [0.5, 0.6) is 5.75 Å². The van der Waals surface area contributed by atoms with Crippen molar-refractivity contribution in [1.82, 2.24) is 24.2 Å². The zero-order chi connectivity index (χ0) is 25.4. The van der Waals surface area contributed by atoms with Crippen LogP contribution in [0.2, 0.25) is 0 Å². The summed E-state index contributed by atoms with van der Waals surface area (Å²) in [6.07, 6.45) is 6.59. The molecule has 0 unspecified atom stereocenters. The highest BCUT2D eigenvalue weighted by Gasteiger charge is 2.33. The summed E-state index contributed by atoms with van der Waals surface area (Å²) in [5.74, 6) is 1.26. The monoisotopic (exact) mass is 503 g/mol. The lowest BCUT2D eigenvalue weighted by molar-refractivity contribution is -0.0364. The SMILES string of the molecule is O=c1c2cnn(-c3ccc(OCC4CC4)cc3)c2ncn1CC1(O)CCN(Cc2ccc(F)cc2)CC1. The van der Waals surface area contributed by atoms with Gasteiger partial charge in [-0.3, -0.25) is 14.3 Å². The Morgan fingerprint density at radius 3 is 2.49 bits per heavy atom. The lowest BCUT2D eigenvalue weighted by Gasteiger charge is -2.38. The van der Waals surface area contributed by atoms with Crippen molar-refractivity contribution in [2.24, 2.45) is 5.92 Å². The molecular formula is C28H30FN5O3. The summed E-state index contributed by atoms with van der Waals surface area (Å²) in [7, 11) is 0. The van der Waals surface area contributed by atoms with Crippen LogP contribution in [0.25, 0.3) is 16.7 Å². The summed E-state index contributed by atoms with van der Waals surface area (Å²) in [6, 6.07) is 14.1. The standard InChI is InChI=1S/C28H30FN5O3/c29-22-5-3-20(4-6-22)16-32-13-11-28(36,12-14-32)18-33-19-30-26-25(27(33)35)15-31-34(26)23-7-9-24(10-8-23)37-17-21-1-2-21/h3-10,15,19,21,36H,1-2,11-14,16-18H2. The predicted octanol–water partition coefficient (Wildman–Crippen LogP) is 3.54. The highest BCUT2D eigenvalue weighted by atomic mass is 19.1. The van der Waals surface area contributed by atoms with E-state index in [4.69, 9.17) is 4.74 Å². The van der Waals surface area contributed by atoms with E-state index in [0.29, 0.717) is 49.4 Å². The average Bonchev–Trinajstić information content (AvgIpc) is 3.64. The summed E-state index contributed by atoms with van der Waals surface area (Å²) < 4.78 is 22.1. The van der Waals surface area contributed by atoms with Crippen molar-refractivity contribution in [3.05, 3.63) is 82.8 Å². The normalized spacial score (nSPS) is 17.8. The summed E-state index contributed by atoms with van der Waals surface area (Å²) >= 11 is 0. The van der Waals surface area contributed by atoms with Gasteiger partial charge in [-0.05, 0) is 73.6 Å². The van der Waals surface area contributed by atoms with E-state index in [2.05, 4.69) is 15.0 Å². The van der Waals surface area contributed by atoms with E-state index in [-0.39, 0.29) is 17.9 Å². The molecule has 2 aromatic heterocycles. The van der Waals surface area contributed by atoms with Gasteiger partial charge >= 0.3 is 0 Å². The summed E-state index contributed by atoms with van der Waals surface area (Å²) in [6.45, 7) is 3.02. The van der Waals surface area contributed by atoms with Gasteiger partial charge in [-0.25, -0.2) is 14.1 Å². The number of piperidine rings is 1. The van der Waals surface area contributed by atoms with Crippen LogP contribution in [0.3, 0.4) is 0 Å². The number of hydrogen-bond donors (Lipinski definition) is 1. The first-order valence-electron chi connectivity index (χ1n) is 12.8. The second-order valence-electron chi connectivity index (χ2n) is 10.3. The van der Waals surface area contributed by atoms with E-state index >= 15 is 0 Å². The second-order valence-corrected chi connectivity index (χ2v) is 10.3. The van der Waals surface area contributed by atoms with E-state index in [1.165, 1.54) is 42.1 Å². The molecule has 37 heavy (non-hydrogen) atoms. The van der Waals surface area contributed by atoms with Gasteiger partial charge in [0.15, 0.2) is 5.65 Å². The summed E-state index contributed by atoms with van der Waals surface area (Å²) in [5, 5.41) is 16.1. The molecule has 8 nitrogen and oxygen atoms in total. The first kappa shape index (κ1) is 23.8. The minimum Gasteiger partial charge on any atom is -0.493 e. The minimum absolute atomic E-state index is 0.178. The van der Waals surface area contributed by atoms with Crippen LogP contribution < -0.4 is 10.3 Å². The van der Waals surface area contributed by atoms with Crippen LogP contribution >= 0.6 is 0 Å². The Balaban J connectivity index is 1.12. The molecule has 192 valence electrons. The number of aliphatic hydroxyl groups is 1. The highest BCUT2D eigenvalue weighted by Crippen LogP contribution is 2.30. The van der Waals surface area contributed by atoms with Crippen molar-refractivity contribution in [1.29, 1.82) is 0 Å². The van der Waals surface area contributed by atoms with Crippen molar-refractivity contribution >= 4 is 11.0 Å². The summed E-state index contributed by atoms with van der Waals surface area (Å²) in [5.41, 5.74) is 1.10. The maximum absolute atomic E-state index is 13.2. The number of ether oxygens (including phenoxy) is 1. The fraction of sp³-hybridized carbons (Fsp3) is 0.393. The number of halogens is 1. The van der Waals surface area contributed by atoms with Crippen LogP contribution in [0, 0.1) is 11.7 Å². The van der Waals surface area contributed by atoms with E-state index < -0.39 is 5.60 Å². The molecule has 1 saturated heterocycles. The van der Waals surface area contributed by atoms with Gasteiger partial charge in [0.2, 0.25) is 0 Å². The van der Waals surface area contributed by atoms with Crippen molar-refractivity contribution in [2.75, 3.05) is 19.7 Å². The maximum atomic E-state index is 13.2. The number of likely N-dealkylation sites (tertiary alicyclic amines) is 1. The molecule has 2 aliphatic rings. The second kappa shape index (κ2) is 9.72. The predicted molar refractivity (Wildman–Crippen MR) is 137 cm³/mol. The molecule has 3 heterocycles. The molecule has 6 rings (SSSR count). The molecule has 1 aliphatic carbocycles. The molecular weight excluding hydrogens is 473 g/mol. The third kappa shape index (κ3) is 5.28. The fourth-order valence-electron chi connectivity index (χ4n) is 4.88. The van der Waals surface area contributed by atoms with Gasteiger partial charge in [-0.1, -0.05) is 12.1 Å². The Morgan fingerprint density at radius 1 is 1.05 bits per heavy atom. The molecule has 0 bridgehead atoms. The van der Waals surface area contributed by atoms with E-state index in [1.54, 1.807) is 16.8 Å². The third-order valence-electron chi connectivity index (χ3n) is 7.39. The van der Waals surface area contributed by atoms with Crippen LogP contribution in [0.4, 0.5) is 4.39 Å². The van der Waals surface area contributed by atoms with Gasteiger partial charge in [0.25, 0.3) is 5.56 Å². The van der Waals surface area contributed by atoms with Gasteiger partial charge in [-0.15, -0.1) is 0 Å². The van der Waals surface area contributed by atoms with Crippen molar-refractivity contribution in [2.45, 2.75) is 44.4 Å². The van der Waals surface area contributed by atoms with E-state index in [9.17, 15) is 14.3 Å². The van der Waals surface area contributed by atoms with E-state index in [0.717, 1.165) is 23.6 Å². The Kier molecular flexibility index (Phi) is 6.26. The molecule has 1 saturated carbocycles. The van der Waals surface area contributed by atoms with Crippen LogP contribution in [-0.2, 0) is 13.1 Å². The molecule has 1 aliphatic heterocycles. The van der Waals surface area contributed by atoms with Crippen molar-refractivity contribution < 1.29 is 14.2 Å². The van der Waals surface area contributed by atoms with Gasteiger partial charge in [0, 0.05) is 19.6 Å². The fourth-order valence-corrected chi connectivity index (χ4v) is 4.88. The van der Waals surface area contributed by atoms with Crippen LogP contribution in [0.15, 0.2) is 65.8 Å². The molecule has 0 spiro atoms. The third-order valence-corrected chi connectivity index (χ3v) is 7.39. The van der Waals surface area contributed by atoms with Gasteiger partial charge < -0.3 is 9.84 Å². The Bertz CT molecular complexity index is 1440. The Hall–Kier alpha value is -3.56. The van der Waals surface area contributed by atoms with Crippen molar-refractivity contribution in [3.8, 4) is 11.4 Å². The van der Waals surface area contributed by atoms with Gasteiger partial charge in [-0.2, -0.15) is 5.10 Å². The molecule has 2 aromatic carbocycles. The first-order valence-corrected chi connectivity index (χ1v) is 12.8. The average molecular weight is 504 g/mol. The summed E-state index contributed by atoms with van der Waals surface area (Å²) in [4.78, 5) is 20.0. The quantitative estimate of drug-likeness (QED) is 0.396. The largest absolute Gasteiger partial charge is 0.493 e. The molecule has 0 atom stereocenters. The number of hydrogen-bond acceptors (Lipinski definition) is 6. The number of rotatable bonds is 8. The van der Waals surface area contributed by atoms with Crippen molar-refractivity contribution in [3.63, 3.8) is 0 Å². The highest BCUT2D eigenvalue weighted by molar-refractivity contribution is 5.75. The molecule has 9 heteroatoms. The molecule has 2 fully saturated rings. The lowest BCUT2D eigenvalue weighted by atomic mass is 9.91. The van der Waals surface area contributed by atoms with Crippen LogP contribution in [-0.4, -0.2) is 54.6 Å². The zero-order valence-electron chi connectivity index (χ0n) is 20.6. The van der Waals surface area contributed by atoms with E-state index in [1.807, 2.05) is 24.3 Å². The lowest BCUT2D eigenvalue weighted by Crippen LogP contribution is -2.47. The first-order chi connectivity index (χ1) is 18.0. The minimum atomic E-state index is -0.995. The topological polar surface area (TPSA) is 85.4 Å². The smallest absolute Gasteiger partial charge is 0.264 e. The van der Waals surface area contributed by atoms with Gasteiger partial charge in [0.05, 0.1) is 30.6 Å².